The van der Waals surface area contributed by atoms with E-state index in [1.807, 2.05) is 25.1 Å². The van der Waals surface area contributed by atoms with Crippen molar-refractivity contribution in [2.24, 2.45) is 0 Å². The van der Waals surface area contributed by atoms with Crippen LogP contribution in [0, 0.1) is 0 Å². The first-order valence-electron chi connectivity index (χ1n) is 10.5. The Balaban J connectivity index is 1.43. The first-order valence-corrected chi connectivity index (χ1v) is 11.9. The van der Waals surface area contributed by atoms with Gasteiger partial charge in [0.05, 0.1) is 10.4 Å². The van der Waals surface area contributed by atoms with Gasteiger partial charge in [-0.05, 0) is 38.1 Å². The summed E-state index contributed by atoms with van der Waals surface area (Å²) in [5, 5.41) is 0. The first-order chi connectivity index (χ1) is 15.3. The number of rotatable bonds is 6. The SMILES string of the molecule is CCn1c(=O)oc2cc(S(=O)(=O)N3CCN(C(=O)C(C)Oc4ccccc4)CC3)ccc21. The summed E-state index contributed by atoms with van der Waals surface area (Å²) in [4.78, 5) is 26.3. The molecule has 0 bridgehead atoms. The molecule has 0 N–H and O–H groups in total. The Morgan fingerprint density at radius 3 is 2.44 bits per heavy atom. The molecule has 10 heteroatoms. The molecule has 1 amide bonds. The predicted molar refractivity (Wildman–Crippen MR) is 118 cm³/mol. The number of para-hydroxylation sites is 1. The minimum Gasteiger partial charge on any atom is -0.481 e. The molecule has 0 saturated carbocycles. The maximum atomic E-state index is 13.1. The summed E-state index contributed by atoms with van der Waals surface area (Å²) in [6, 6.07) is 13.5. The van der Waals surface area contributed by atoms with E-state index >= 15 is 0 Å². The molecule has 1 aliphatic heterocycles. The van der Waals surface area contributed by atoms with Crippen LogP contribution >= 0.6 is 0 Å². The zero-order chi connectivity index (χ0) is 22.9. The van der Waals surface area contributed by atoms with E-state index in [9.17, 15) is 18.0 Å². The molecular weight excluding hydrogens is 434 g/mol. The van der Waals surface area contributed by atoms with Gasteiger partial charge >= 0.3 is 5.76 Å². The Morgan fingerprint density at radius 1 is 1.09 bits per heavy atom. The largest absolute Gasteiger partial charge is 0.481 e. The topological polar surface area (TPSA) is 102 Å². The second kappa shape index (κ2) is 8.79. The van der Waals surface area contributed by atoms with Crippen molar-refractivity contribution in [1.82, 2.24) is 13.8 Å². The number of oxazole rings is 1. The molecule has 0 spiro atoms. The Morgan fingerprint density at radius 2 is 1.78 bits per heavy atom. The van der Waals surface area contributed by atoms with Gasteiger partial charge in [-0.25, -0.2) is 13.2 Å². The van der Waals surface area contributed by atoms with Gasteiger partial charge in [0.2, 0.25) is 10.0 Å². The van der Waals surface area contributed by atoms with E-state index < -0.39 is 21.9 Å². The normalized spacial score (nSPS) is 16.2. The van der Waals surface area contributed by atoms with Crippen molar-refractivity contribution in [1.29, 1.82) is 0 Å². The number of aromatic nitrogens is 1. The molecule has 4 rings (SSSR count). The number of amides is 1. The van der Waals surface area contributed by atoms with E-state index in [2.05, 4.69) is 0 Å². The van der Waals surface area contributed by atoms with Crippen LogP contribution in [0.1, 0.15) is 13.8 Å². The minimum absolute atomic E-state index is 0.0579. The molecule has 1 saturated heterocycles. The summed E-state index contributed by atoms with van der Waals surface area (Å²) < 4.78 is 39.9. The molecule has 32 heavy (non-hydrogen) atoms. The summed E-state index contributed by atoms with van der Waals surface area (Å²) >= 11 is 0. The summed E-state index contributed by atoms with van der Waals surface area (Å²) in [6.45, 7) is 4.81. The highest BCUT2D eigenvalue weighted by Gasteiger charge is 2.32. The second-order valence-electron chi connectivity index (χ2n) is 7.54. The van der Waals surface area contributed by atoms with Crippen molar-refractivity contribution in [3.05, 3.63) is 59.1 Å². The summed E-state index contributed by atoms with van der Waals surface area (Å²) in [5.41, 5.74) is 0.790. The van der Waals surface area contributed by atoms with Crippen LogP contribution in [0.3, 0.4) is 0 Å². The van der Waals surface area contributed by atoms with Gasteiger partial charge in [0.15, 0.2) is 11.7 Å². The van der Waals surface area contributed by atoms with E-state index in [0.717, 1.165) is 0 Å². The summed E-state index contributed by atoms with van der Waals surface area (Å²) in [5.74, 6) is -0.0977. The van der Waals surface area contributed by atoms with Gasteiger partial charge in [-0.2, -0.15) is 4.31 Å². The molecule has 3 aromatic rings. The van der Waals surface area contributed by atoms with Crippen LogP contribution < -0.4 is 10.5 Å². The lowest BCUT2D eigenvalue weighted by atomic mass is 10.3. The molecule has 1 atom stereocenters. The number of nitrogens with zero attached hydrogens (tertiary/aromatic N) is 3. The highest BCUT2D eigenvalue weighted by molar-refractivity contribution is 7.89. The lowest BCUT2D eigenvalue weighted by molar-refractivity contribution is -0.139. The molecule has 9 nitrogen and oxygen atoms in total. The van der Waals surface area contributed by atoms with Crippen molar-refractivity contribution in [2.45, 2.75) is 31.4 Å². The van der Waals surface area contributed by atoms with Crippen LogP contribution in [0.15, 0.2) is 62.6 Å². The van der Waals surface area contributed by atoms with Crippen molar-refractivity contribution in [2.75, 3.05) is 26.2 Å². The van der Waals surface area contributed by atoms with Crippen LogP contribution in [0.5, 0.6) is 5.75 Å². The van der Waals surface area contributed by atoms with Gasteiger partial charge in [-0.1, -0.05) is 18.2 Å². The molecule has 2 heterocycles. The maximum Gasteiger partial charge on any atom is 0.419 e. The summed E-state index contributed by atoms with van der Waals surface area (Å²) in [7, 11) is -3.79. The lowest BCUT2D eigenvalue weighted by Gasteiger charge is -2.35. The van der Waals surface area contributed by atoms with Crippen LogP contribution in [-0.4, -0.2) is 60.4 Å². The number of carbonyl (C=O) groups excluding carboxylic acids is 1. The fraction of sp³-hybridized carbons (Fsp3) is 0.364. The molecule has 1 aromatic heterocycles. The minimum atomic E-state index is -3.79. The highest BCUT2D eigenvalue weighted by atomic mass is 32.2. The van der Waals surface area contributed by atoms with Crippen molar-refractivity contribution < 1.29 is 22.4 Å². The Labute approximate surface area is 185 Å². The van der Waals surface area contributed by atoms with Gasteiger partial charge in [-0.15, -0.1) is 0 Å². The zero-order valence-corrected chi connectivity index (χ0v) is 18.7. The number of sulfonamides is 1. The molecule has 170 valence electrons. The van der Waals surface area contributed by atoms with Crippen LogP contribution in [-0.2, 0) is 21.4 Å². The number of fused-ring (bicyclic) bond motifs is 1. The fourth-order valence-corrected chi connectivity index (χ4v) is 5.25. The van der Waals surface area contributed by atoms with E-state index in [-0.39, 0.29) is 42.6 Å². The van der Waals surface area contributed by atoms with Crippen molar-refractivity contribution in [3.63, 3.8) is 0 Å². The van der Waals surface area contributed by atoms with E-state index in [1.54, 1.807) is 30.0 Å². The smallest absolute Gasteiger partial charge is 0.419 e. The number of carbonyl (C=O) groups is 1. The van der Waals surface area contributed by atoms with Gasteiger partial charge in [-0.3, -0.25) is 9.36 Å². The van der Waals surface area contributed by atoms with Crippen molar-refractivity contribution in [3.8, 4) is 5.75 Å². The number of piperazine rings is 1. The Bertz CT molecular complexity index is 1270. The number of ether oxygens (including phenoxy) is 1. The molecule has 0 aliphatic carbocycles. The maximum absolute atomic E-state index is 13.1. The number of hydrogen-bond acceptors (Lipinski definition) is 6. The third-order valence-electron chi connectivity index (χ3n) is 5.55. The average molecular weight is 460 g/mol. The van der Waals surface area contributed by atoms with Gasteiger partial charge in [0, 0.05) is 38.8 Å². The van der Waals surface area contributed by atoms with Crippen LogP contribution in [0.25, 0.3) is 11.1 Å². The molecular formula is C22H25N3O6S. The molecule has 1 unspecified atom stereocenters. The van der Waals surface area contributed by atoms with Gasteiger partial charge in [0.25, 0.3) is 5.91 Å². The first kappa shape index (κ1) is 22.1. The highest BCUT2D eigenvalue weighted by Crippen LogP contribution is 2.23. The van der Waals surface area contributed by atoms with Gasteiger partial charge < -0.3 is 14.1 Å². The Hall–Kier alpha value is -3.11. The quantitative estimate of drug-likeness (QED) is 0.558. The third-order valence-corrected chi connectivity index (χ3v) is 7.44. The zero-order valence-electron chi connectivity index (χ0n) is 17.9. The monoisotopic (exact) mass is 459 g/mol. The average Bonchev–Trinajstić information content (AvgIpc) is 3.13. The summed E-state index contributed by atoms with van der Waals surface area (Å²) in [6.07, 6.45) is -0.673. The standard InChI is InChI=1S/C22H25N3O6S/c1-3-25-19-10-9-18(15-20(19)31-22(25)27)32(28,29)24-13-11-23(12-14-24)21(26)16(2)30-17-7-5-4-6-8-17/h4-10,15-16H,3,11-14H2,1-2H3. The third kappa shape index (κ3) is 4.15. The fourth-order valence-electron chi connectivity index (χ4n) is 3.82. The Kier molecular flexibility index (Phi) is 6.07. The van der Waals surface area contributed by atoms with E-state index in [4.69, 9.17) is 9.15 Å². The van der Waals surface area contributed by atoms with Crippen LogP contribution in [0.2, 0.25) is 0 Å². The van der Waals surface area contributed by atoms with E-state index in [0.29, 0.717) is 17.8 Å². The molecule has 1 aliphatic rings. The predicted octanol–water partition coefficient (Wildman–Crippen LogP) is 1.91. The number of benzene rings is 2. The van der Waals surface area contributed by atoms with Crippen molar-refractivity contribution >= 4 is 27.0 Å². The van der Waals surface area contributed by atoms with Gasteiger partial charge in [0.1, 0.15) is 5.75 Å². The lowest BCUT2D eigenvalue weighted by Crippen LogP contribution is -2.53. The molecule has 2 aromatic carbocycles. The number of aryl methyl sites for hydroxylation is 1. The number of hydrogen-bond donors (Lipinski definition) is 0. The van der Waals surface area contributed by atoms with Crippen LogP contribution in [0.4, 0.5) is 0 Å². The molecule has 1 fully saturated rings. The van der Waals surface area contributed by atoms with E-state index in [1.165, 1.54) is 21.0 Å². The second-order valence-corrected chi connectivity index (χ2v) is 9.48. The molecule has 0 radical (unpaired) electrons.